The predicted molar refractivity (Wildman–Crippen MR) is 87.2 cm³/mol. The highest BCUT2D eigenvalue weighted by molar-refractivity contribution is 5.99. The van der Waals surface area contributed by atoms with Crippen molar-refractivity contribution in [1.82, 2.24) is 25.6 Å². The van der Waals surface area contributed by atoms with Crippen molar-refractivity contribution in [3.8, 4) is 0 Å². The van der Waals surface area contributed by atoms with E-state index in [-0.39, 0.29) is 11.9 Å². The summed E-state index contributed by atoms with van der Waals surface area (Å²) < 4.78 is 7.08. The van der Waals surface area contributed by atoms with Crippen LogP contribution in [-0.2, 0) is 9.53 Å². The summed E-state index contributed by atoms with van der Waals surface area (Å²) in [5.74, 6) is -0.745. The van der Waals surface area contributed by atoms with Crippen LogP contribution >= 0.6 is 0 Å². The van der Waals surface area contributed by atoms with E-state index in [0.29, 0.717) is 24.3 Å². The van der Waals surface area contributed by atoms with Gasteiger partial charge in [-0.1, -0.05) is 0 Å². The van der Waals surface area contributed by atoms with E-state index in [2.05, 4.69) is 20.9 Å². The van der Waals surface area contributed by atoms with Gasteiger partial charge in [-0.2, -0.15) is 5.10 Å². The molecule has 1 atom stereocenters. The summed E-state index contributed by atoms with van der Waals surface area (Å²) >= 11 is 0. The number of aromatic nitrogens is 3. The first-order valence-electron chi connectivity index (χ1n) is 8.04. The lowest BCUT2D eigenvalue weighted by atomic mass is 10.1. The molecule has 3 heterocycles. The maximum absolute atomic E-state index is 12.3. The number of pyridine rings is 1. The molecule has 0 aliphatic carbocycles. The number of hydrogen-bond donors (Lipinski definition) is 2. The second-order valence-corrected chi connectivity index (χ2v) is 6.16. The van der Waals surface area contributed by atoms with Gasteiger partial charge >= 0.3 is 0 Å². The Morgan fingerprint density at radius 1 is 1.38 bits per heavy atom. The van der Waals surface area contributed by atoms with E-state index in [1.54, 1.807) is 19.2 Å². The van der Waals surface area contributed by atoms with Crippen molar-refractivity contribution in [3.05, 3.63) is 23.5 Å². The molecule has 2 aromatic rings. The van der Waals surface area contributed by atoms with Gasteiger partial charge in [-0.05, 0) is 39.7 Å². The molecule has 8 heteroatoms. The van der Waals surface area contributed by atoms with Gasteiger partial charge in [-0.25, -0.2) is 9.67 Å². The van der Waals surface area contributed by atoms with Crippen molar-refractivity contribution in [2.24, 2.45) is 0 Å². The fourth-order valence-electron chi connectivity index (χ4n) is 2.72. The summed E-state index contributed by atoms with van der Waals surface area (Å²) in [5, 5.41) is 5.08. The highest BCUT2D eigenvalue weighted by Gasteiger charge is 2.24. The van der Waals surface area contributed by atoms with Crippen LogP contribution in [0.25, 0.3) is 11.0 Å². The third-order valence-corrected chi connectivity index (χ3v) is 4.01. The fourth-order valence-corrected chi connectivity index (χ4v) is 2.72. The number of carbonyl (C=O) groups is 2. The standard InChI is InChI=1S/C16H21N5O3/c1-9(2)21-14-11(8-17-21)7-12(10(3)18-14)15(22)19-20-16(23)13-5-4-6-24-13/h7-9,13H,4-6H2,1-3H3,(H,19,22)(H,20,23). The van der Waals surface area contributed by atoms with Gasteiger partial charge in [-0.15, -0.1) is 0 Å². The van der Waals surface area contributed by atoms with E-state index < -0.39 is 12.0 Å². The second-order valence-electron chi connectivity index (χ2n) is 6.16. The minimum absolute atomic E-state index is 0.180. The van der Waals surface area contributed by atoms with Crippen molar-refractivity contribution >= 4 is 22.8 Å². The van der Waals surface area contributed by atoms with Crippen molar-refractivity contribution in [1.29, 1.82) is 0 Å². The molecule has 1 aliphatic rings. The first-order chi connectivity index (χ1) is 11.5. The van der Waals surface area contributed by atoms with Crippen LogP contribution in [0.5, 0.6) is 0 Å². The molecular weight excluding hydrogens is 310 g/mol. The topological polar surface area (TPSA) is 98.1 Å². The Balaban J connectivity index is 1.74. The quantitative estimate of drug-likeness (QED) is 0.825. The molecule has 2 amide bonds. The number of hydrogen-bond acceptors (Lipinski definition) is 5. The van der Waals surface area contributed by atoms with Crippen LogP contribution in [0.2, 0.25) is 0 Å². The molecule has 1 saturated heterocycles. The second kappa shape index (κ2) is 6.56. The van der Waals surface area contributed by atoms with Gasteiger partial charge in [0.15, 0.2) is 5.65 Å². The van der Waals surface area contributed by atoms with Gasteiger partial charge in [0.2, 0.25) is 0 Å². The van der Waals surface area contributed by atoms with E-state index in [4.69, 9.17) is 4.74 Å². The van der Waals surface area contributed by atoms with Crippen LogP contribution in [0.4, 0.5) is 0 Å². The van der Waals surface area contributed by atoms with Crippen LogP contribution in [-0.4, -0.2) is 39.3 Å². The van der Waals surface area contributed by atoms with Crippen molar-refractivity contribution in [2.45, 2.75) is 45.8 Å². The molecule has 0 spiro atoms. The molecule has 24 heavy (non-hydrogen) atoms. The number of carbonyl (C=O) groups excluding carboxylic acids is 2. The SMILES string of the molecule is Cc1nc2c(cnn2C(C)C)cc1C(=O)NNC(=O)C1CCCO1. The molecule has 2 aromatic heterocycles. The third kappa shape index (κ3) is 3.09. The molecule has 3 rings (SSSR count). The Morgan fingerprint density at radius 3 is 2.83 bits per heavy atom. The number of nitrogens with one attached hydrogen (secondary N) is 2. The minimum atomic E-state index is -0.490. The minimum Gasteiger partial charge on any atom is -0.368 e. The first kappa shape index (κ1) is 16.4. The van der Waals surface area contributed by atoms with Gasteiger partial charge in [0.1, 0.15) is 6.10 Å². The largest absolute Gasteiger partial charge is 0.368 e. The number of fused-ring (bicyclic) bond motifs is 1. The molecule has 0 aromatic carbocycles. The highest BCUT2D eigenvalue weighted by atomic mass is 16.5. The van der Waals surface area contributed by atoms with Crippen LogP contribution < -0.4 is 10.9 Å². The Bertz CT molecular complexity index is 777. The summed E-state index contributed by atoms with van der Waals surface area (Å²) in [5.41, 5.74) is 6.55. The van der Waals surface area contributed by atoms with Crippen LogP contribution in [0, 0.1) is 6.92 Å². The lowest BCUT2D eigenvalue weighted by Crippen LogP contribution is -2.46. The monoisotopic (exact) mass is 331 g/mol. The van der Waals surface area contributed by atoms with E-state index in [1.165, 1.54) is 0 Å². The summed E-state index contributed by atoms with van der Waals surface area (Å²) in [6, 6.07) is 1.91. The number of hydrazine groups is 1. The Morgan fingerprint density at radius 2 is 2.17 bits per heavy atom. The lowest BCUT2D eigenvalue weighted by molar-refractivity contribution is -0.130. The molecule has 128 valence electrons. The van der Waals surface area contributed by atoms with Gasteiger partial charge in [0, 0.05) is 18.0 Å². The maximum Gasteiger partial charge on any atom is 0.271 e. The van der Waals surface area contributed by atoms with Crippen LogP contribution in [0.1, 0.15) is 48.8 Å². The Kier molecular flexibility index (Phi) is 4.48. The molecule has 1 aliphatic heterocycles. The van der Waals surface area contributed by atoms with E-state index in [1.807, 2.05) is 18.5 Å². The average Bonchev–Trinajstić information content (AvgIpc) is 3.20. The summed E-state index contributed by atoms with van der Waals surface area (Å²) in [6.07, 6.45) is 2.72. The smallest absolute Gasteiger partial charge is 0.271 e. The molecule has 8 nitrogen and oxygen atoms in total. The number of nitrogens with zero attached hydrogens (tertiary/aromatic N) is 3. The molecule has 0 saturated carbocycles. The maximum atomic E-state index is 12.3. The van der Waals surface area contributed by atoms with E-state index in [9.17, 15) is 9.59 Å². The highest BCUT2D eigenvalue weighted by Crippen LogP contribution is 2.19. The molecular formula is C16H21N5O3. The number of rotatable bonds is 3. The normalized spacial score (nSPS) is 17.4. The molecule has 1 unspecified atom stereocenters. The number of amides is 2. The number of ether oxygens (including phenoxy) is 1. The molecule has 2 N–H and O–H groups in total. The number of aryl methyl sites for hydroxylation is 1. The molecule has 0 bridgehead atoms. The van der Waals surface area contributed by atoms with E-state index in [0.717, 1.165) is 17.5 Å². The van der Waals surface area contributed by atoms with Gasteiger partial charge in [0.25, 0.3) is 11.8 Å². The summed E-state index contributed by atoms with van der Waals surface area (Å²) in [4.78, 5) is 28.7. The Labute approximate surface area is 139 Å². The fraction of sp³-hybridized carbons (Fsp3) is 0.500. The third-order valence-electron chi connectivity index (χ3n) is 4.01. The first-order valence-corrected chi connectivity index (χ1v) is 8.04. The lowest BCUT2D eigenvalue weighted by Gasteiger charge is -2.12. The van der Waals surface area contributed by atoms with E-state index >= 15 is 0 Å². The van der Waals surface area contributed by atoms with Crippen molar-refractivity contribution in [2.75, 3.05) is 6.61 Å². The van der Waals surface area contributed by atoms with Gasteiger partial charge in [-0.3, -0.25) is 20.4 Å². The van der Waals surface area contributed by atoms with Gasteiger partial charge < -0.3 is 4.74 Å². The molecule has 1 fully saturated rings. The summed E-state index contributed by atoms with van der Waals surface area (Å²) in [7, 11) is 0. The van der Waals surface area contributed by atoms with Crippen LogP contribution in [0.15, 0.2) is 12.3 Å². The van der Waals surface area contributed by atoms with Crippen molar-refractivity contribution in [3.63, 3.8) is 0 Å². The zero-order chi connectivity index (χ0) is 17.3. The van der Waals surface area contributed by atoms with Crippen molar-refractivity contribution < 1.29 is 14.3 Å². The van der Waals surface area contributed by atoms with Crippen LogP contribution in [0.3, 0.4) is 0 Å². The zero-order valence-electron chi connectivity index (χ0n) is 14.0. The van der Waals surface area contributed by atoms with Gasteiger partial charge in [0.05, 0.1) is 17.5 Å². The summed E-state index contributed by atoms with van der Waals surface area (Å²) in [6.45, 7) is 6.37. The molecule has 0 radical (unpaired) electrons. The zero-order valence-corrected chi connectivity index (χ0v) is 14.0. The predicted octanol–water partition coefficient (Wildman–Crippen LogP) is 1.26. The Hall–Kier alpha value is -2.48. The average molecular weight is 331 g/mol.